The molecule has 1 aromatic heterocycles. The summed E-state index contributed by atoms with van der Waals surface area (Å²) in [4.78, 5) is 4.54. The van der Waals surface area contributed by atoms with Crippen molar-refractivity contribution >= 4 is 5.69 Å². The number of rotatable bonds is 6. The molecule has 1 aliphatic rings. The maximum atomic E-state index is 13.4. The average molecular weight is 525 g/mol. The average Bonchev–Trinajstić information content (AvgIpc) is 3.35. The minimum atomic E-state index is -4.42. The first-order valence-electron chi connectivity index (χ1n) is 12.4. The van der Waals surface area contributed by atoms with Crippen molar-refractivity contribution in [3.05, 3.63) is 106 Å². The van der Waals surface area contributed by atoms with Gasteiger partial charge >= 0.3 is 6.18 Å². The molecule has 1 fully saturated rings. The Labute approximate surface area is 218 Å². The molecule has 0 amide bonds. The molecule has 4 aromatic rings. The van der Waals surface area contributed by atoms with E-state index in [1.54, 1.807) is 16.8 Å². The minimum absolute atomic E-state index is 0.308. The third-order valence-electron chi connectivity index (χ3n) is 7.20. The molecular weight excluding hydrogens is 496 g/mol. The lowest BCUT2D eigenvalue weighted by Crippen LogP contribution is -2.48. The van der Waals surface area contributed by atoms with Crippen molar-refractivity contribution < 1.29 is 17.6 Å². The predicted octanol–water partition coefficient (Wildman–Crippen LogP) is 5.41. The number of halogens is 4. The van der Waals surface area contributed by atoms with E-state index in [-0.39, 0.29) is 5.82 Å². The fourth-order valence-electron chi connectivity index (χ4n) is 4.96. The molecule has 38 heavy (non-hydrogen) atoms. The van der Waals surface area contributed by atoms with Crippen LogP contribution in [-0.4, -0.2) is 51.3 Å². The first-order chi connectivity index (χ1) is 18.2. The fourth-order valence-corrected chi connectivity index (χ4v) is 4.96. The van der Waals surface area contributed by atoms with E-state index >= 15 is 0 Å². The predicted molar refractivity (Wildman–Crippen MR) is 136 cm³/mol. The number of hydrogen-bond acceptors (Lipinski definition) is 5. The van der Waals surface area contributed by atoms with E-state index in [0.29, 0.717) is 31.0 Å². The van der Waals surface area contributed by atoms with Gasteiger partial charge in [-0.1, -0.05) is 36.4 Å². The molecule has 1 unspecified atom stereocenters. The largest absolute Gasteiger partial charge is 0.416 e. The summed E-state index contributed by atoms with van der Waals surface area (Å²) >= 11 is 0. The van der Waals surface area contributed by atoms with Crippen LogP contribution in [0.1, 0.15) is 39.7 Å². The van der Waals surface area contributed by atoms with Gasteiger partial charge in [0.25, 0.3) is 0 Å². The van der Waals surface area contributed by atoms with Crippen molar-refractivity contribution in [3.63, 3.8) is 0 Å². The number of benzene rings is 3. The van der Waals surface area contributed by atoms with Gasteiger partial charge in [-0.05, 0) is 76.9 Å². The van der Waals surface area contributed by atoms with Crippen LogP contribution in [0.2, 0.25) is 0 Å². The van der Waals surface area contributed by atoms with E-state index < -0.39 is 17.8 Å². The number of alkyl halides is 3. The summed E-state index contributed by atoms with van der Waals surface area (Å²) in [5.74, 6) is 0.185. The highest BCUT2D eigenvalue weighted by Crippen LogP contribution is 2.34. The second-order valence-electron chi connectivity index (χ2n) is 9.59. The third-order valence-corrected chi connectivity index (χ3v) is 7.20. The quantitative estimate of drug-likeness (QED) is 0.316. The standard InChI is InChI=1S/C28H28F4N6/c1-19-4-3-5-25(20(19)2)36-14-16-37(17-15-36)26(22-8-10-23(11-9-22)28(30,31)32)27-33-34-35-38(27)18-21-6-12-24(29)13-7-21/h3-13,26H,14-18H2,1-2H3. The number of hydrogen-bond donors (Lipinski definition) is 0. The van der Waals surface area contributed by atoms with Crippen molar-refractivity contribution in [2.45, 2.75) is 32.6 Å². The minimum Gasteiger partial charge on any atom is -0.369 e. The molecule has 1 atom stereocenters. The van der Waals surface area contributed by atoms with Gasteiger partial charge in [0.15, 0.2) is 5.82 Å². The molecule has 0 saturated carbocycles. The van der Waals surface area contributed by atoms with Crippen molar-refractivity contribution in [2.75, 3.05) is 31.1 Å². The zero-order valence-electron chi connectivity index (χ0n) is 21.2. The van der Waals surface area contributed by atoms with Crippen LogP contribution in [0.15, 0.2) is 66.7 Å². The van der Waals surface area contributed by atoms with Gasteiger partial charge in [-0.3, -0.25) is 4.90 Å². The van der Waals surface area contributed by atoms with Gasteiger partial charge in [0.1, 0.15) is 5.82 Å². The highest BCUT2D eigenvalue weighted by atomic mass is 19.4. The lowest BCUT2D eigenvalue weighted by molar-refractivity contribution is -0.137. The van der Waals surface area contributed by atoms with Crippen molar-refractivity contribution in [1.29, 1.82) is 0 Å². The highest BCUT2D eigenvalue weighted by Gasteiger charge is 2.33. The molecular formula is C28H28F4N6. The molecule has 3 aromatic carbocycles. The lowest BCUT2D eigenvalue weighted by Gasteiger charge is -2.40. The van der Waals surface area contributed by atoms with Gasteiger partial charge in [-0.2, -0.15) is 13.2 Å². The molecule has 198 valence electrons. The molecule has 10 heteroatoms. The summed E-state index contributed by atoms with van der Waals surface area (Å²) < 4.78 is 54.9. The van der Waals surface area contributed by atoms with Gasteiger partial charge in [-0.15, -0.1) is 5.10 Å². The van der Waals surface area contributed by atoms with E-state index in [0.717, 1.165) is 30.8 Å². The first kappa shape index (κ1) is 25.8. The van der Waals surface area contributed by atoms with Crippen LogP contribution in [0.5, 0.6) is 0 Å². The van der Waals surface area contributed by atoms with E-state index in [1.165, 1.54) is 41.1 Å². The molecule has 2 heterocycles. The Hall–Kier alpha value is -3.79. The smallest absolute Gasteiger partial charge is 0.369 e. The third kappa shape index (κ3) is 5.40. The normalized spacial score (nSPS) is 15.6. The summed E-state index contributed by atoms with van der Waals surface area (Å²) in [5, 5.41) is 12.4. The van der Waals surface area contributed by atoms with E-state index in [1.807, 2.05) is 0 Å². The van der Waals surface area contributed by atoms with Crippen LogP contribution in [0.25, 0.3) is 0 Å². The molecule has 0 bridgehead atoms. The number of nitrogens with zero attached hydrogens (tertiary/aromatic N) is 6. The molecule has 1 aliphatic heterocycles. The van der Waals surface area contributed by atoms with Crippen LogP contribution < -0.4 is 4.90 Å². The van der Waals surface area contributed by atoms with E-state index in [4.69, 9.17) is 0 Å². The van der Waals surface area contributed by atoms with Crippen molar-refractivity contribution in [1.82, 2.24) is 25.1 Å². The van der Waals surface area contributed by atoms with Gasteiger partial charge < -0.3 is 4.90 Å². The summed E-state index contributed by atoms with van der Waals surface area (Å²) in [6, 6.07) is 17.1. The van der Waals surface area contributed by atoms with Crippen molar-refractivity contribution in [2.24, 2.45) is 0 Å². The Morgan fingerprint density at radius 2 is 1.55 bits per heavy atom. The second-order valence-corrected chi connectivity index (χ2v) is 9.59. The van der Waals surface area contributed by atoms with Crippen LogP contribution in [0.3, 0.4) is 0 Å². The maximum Gasteiger partial charge on any atom is 0.416 e. The molecule has 1 saturated heterocycles. The molecule has 5 rings (SSSR count). The maximum absolute atomic E-state index is 13.4. The van der Waals surface area contributed by atoms with Crippen LogP contribution in [0, 0.1) is 19.7 Å². The number of aromatic nitrogens is 4. The molecule has 0 spiro atoms. The molecule has 6 nitrogen and oxygen atoms in total. The Kier molecular flexibility index (Phi) is 7.16. The zero-order chi connectivity index (χ0) is 26.9. The van der Waals surface area contributed by atoms with Crippen LogP contribution >= 0.6 is 0 Å². The molecule has 0 radical (unpaired) electrons. The second kappa shape index (κ2) is 10.5. The summed E-state index contributed by atoms with van der Waals surface area (Å²) in [6.45, 7) is 7.36. The molecule has 0 N–H and O–H groups in total. The summed E-state index contributed by atoms with van der Waals surface area (Å²) in [6.07, 6.45) is -4.42. The highest BCUT2D eigenvalue weighted by molar-refractivity contribution is 5.56. The Bertz CT molecular complexity index is 1370. The fraction of sp³-hybridized carbons (Fsp3) is 0.321. The Balaban J connectivity index is 1.45. The molecule has 0 aliphatic carbocycles. The van der Waals surface area contributed by atoms with Gasteiger partial charge in [0, 0.05) is 31.9 Å². The van der Waals surface area contributed by atoms with Crippen LogP contribution in [0.4, 0.5) is 23.2 Å². The van der Waals surface area contributed by atoms with Gasteiger partial charge in [0.2, 0.25) is 0 Å². The summed E-state index contributed by atoms with van der Waals surface area (Å²) in [7, 11) is 0. The SMILES string of the molecule is Cc1cccc(N2CCN(C(c3ccc(C(F)(F)F)cc3)c3nnnn3Cc3ccc(F)cc3)CC2)c1C. The lowest BCUT2D eigenvalue weighted by atomic mass is 10.0. The van der Waals surface area contributed by atoms with Crippen molar-refractivity contribution in [3.8, 4) is 0 Å². The zero-order valence-corrected chi connectivity index (χ0v) is 21.2. The van der Waals surface area contributed by atoms with Crippen LogP contribution in [-0.2, 0) is 12.7 Å². The van der Waals surface area contributed by atoms with Gasteiger partial charge in [-0.25, -0.2) is 9.07 Å². The number of anilines is 1. The Morgan fingerprint density at radius 3 is 2.21 bits per heavy atom. The van der Waals surface area contributed by atoms with E-state index in [9.17, 15) is 17.6 Å². The number of piperazine rings is 1. The van der Waals surface area contributed by atoms with Gasteiger partial charge in [0.05, 0.1) is 18.2 Å². The topological polar surface area (TPSA) is 50.1 Å². The van der Waals surface area contributed by atoms with E-state index in [2.05, 4.69) is 57.4 Å². The number of tetrazole rings is 1. The first-order valence-corrected chi connectivity index (χ1v) is 12.4. The summed E-state index contributed by atoms with van der Waals surface area (Å²) in [5.41, 5.74) is 4.44. The monoisotopic (exact) mass is 524 g/mol. The Morgan fingerprint density at radius 1 is 0.868 bits per heavy atom. The number of aryl methyl sites for hydroxylation is 1.